The number of hydrogen-bond acceptors (Lipinski definition) is 3. The highest BCUT2D eigenvalue weighted by Crippen LogP contribution is 2.46. The molecule has 3 aromatic rings. The molecule has 0 amide bonds. The number of ether oxygens (including phenoxy) is 1. The Kier molecular flexibility index (Phi) is 10.2. The van der Waals surface area contributed by atoms with Gasteiger partial charge in [-0.25, -0.2) is 4.39 Å². The first-order valence-electron chi connectivity index (χ1n) is 15.7. The monoisotopic (exact) mass is 649 g/mol. The third-order valence-corrected chi connectivity index (χ3v) is 9.75. The first kappa shape index (κ1) is 33.9. The molecule has 10 heteroatoms. The number of benzene rings is 3. The third kappa shape index (κ3) is 8.30. The van der Waals surface area contributed by atoms with Crippen LogP contribution in [0.2, 0.25) is 0 Å². The first-order chi connectivity index (χ1) is 21.7. The van der Waals surface area contributed by atoms with E-state index in [1.54, 1.807) is 0 Å². The Bertz CT molecular complexity index is 1420. The van der Waals surface area contributed by atoms with Gasteiger partial charge in [-0.1, -0.05) is 42.5 Å². The van der Waals surface area contributed by atoms with Crippen molar-refractivity contribution in [3.63, 3.8) is 0 Å². The minimum absolute atomic E-state index is 0.111. The van der Waals surface area contributed by atoms with Crippen LogP contribution in [0.4, 0.5) is 30.7 Å². The molecule has 248 valence electrons. The van der Waals surface area contributed by atoms with E-state index in [2.05, 4.69) is 4.90 Å². The number of piperidine rings is 1. The Morgan fingerprint density at radius 3 is 1.93 bits per heavy atom. The molecule has 0 aromatic heterocycles. The lowest BCUT2D eigenvalue weighted by atomic mass is 9.64. The molecule has 1 atom stereocenters. The predicted octanol–water partition coefficient (Wildman–Crippen LogP) is 9.49. The van der Waals surface area contributed by atoms with Gasteiger partial charge in [0.25, 0.3) is 0 Å². The van der Waals surface area contributed by atoms with E-state index >= 15 is 0 Å². The number of nitrogens with zero attached hydrogens (tertiary/aromatic N) is 1. The van der Waals surface area contributed by atoms with Gasteiger partial charge in [-0.2, -0.15) is 26.3 Å². The Hall–Kier alpha value is -3.40. The summed E-state index contributed by atoms with van der Waals surface area (Å²) in [5.41, 5.74) is -1.28. The van der Waals surface area contributed by atoms with Crippen molar-refractivity contribution in [3.8, 4) is 0 Å². The van der Waals surface area contributed by atoms with E-state index in [1.807, 2.05) is 42.5 Å². The van der Waals surface area contributed by atoms with Gasteiger partial charge in [0.2, 0.25) is 0 Å². The summed E-state index contributed by atoms with van der Waals surface area (Å²) < 4.78 is 101. The lowest BCUT2D eigenvalue weighted by molar-refractivity contribution is -0.148. The standard InChI is InChI=1S/C36H38F7NO2/c1-24(45)46-33(21-25-19-29(35(38,39)40)22-30(20-25)36(41,42)43)23-34(28-5-3-2-4-6-28)15-11-32(12-16-34)44-17-13-27(14-18-44)26-7-9-31(37)10-8-26/h2-10,19-20,22,27,32-33H,11-18,21,23H2,1H3. The second kappa shape index (κ2) is 13.8. The molecule has 5 rings (SSSR count). The van der Waals surface area contributed by atoms with Crippen LogP contribution in [0.25, 0.3) is 0 Å². The molecule has 1 unspecified atom stereocenters. The largest absolute Gasteiger partial charge is 0.462 e. The number of alkyl halides is 6. The summed E-state index contributed by atoms with van der Waals surface area (Å²) in [6, 6.07) is 18.3. The molecule has 3 aromatic carbocycles. The maximum atomic E-state index is 13.6. The van der Waals surface area contributed by atoms with Crippen LogP contribution in [0, 0.1) is 5.82 Å². The molecule has 1 saturated heterocycles. The Balaban J connectivity index is 1.34. The quantitative estimate of drug-likeness (QED) is 0.180. The van der Waals surface area contributed by atoms with E-state index < -0.39 is 41.0 Å². The van der Waals surface area contributed by atoms with Gasteiger partial charge in [0.15, 0.2) is 0 Å². The van der Waals surface area contributed by atoms with Gasteiger partial charge in [0, 0.05) is 19.4 Å². The van der Waals surface area contributed by atoms with Crippen molar-refractivity contribution in [3.05, 3.63) is 106 Å². The van der Waals surface area contributed by atoms with Crippen molar-refractivity contribution in [2.24, 2.45) is 0 Å². The molecule has 0 bridgehead atoms. The van der Waals surface area contributed by atoms with Gasteiger partial charge < -0.3 is 9.64 Å². The highest BCUT2D eigenvalue weighted by atomic mass is 19.4. The Morgan fingerprint density at radius 2 is 1.41 bits per heavy atom. The summed E-state index contributed by atoms with van der Waals surface area (Å²) >= 11 is 0. The van der Waals surface area contributed by atoms with Crippen LogP contribution in [0.3, 0.4) is 0 Å². The summed E-state index contributed by atoms with van der Waals surface area (Å²) in [6.45, 7) is 3.03. The summed E-state index contributed by atoms with van der Waals surface area (Å²) in [5, 5.41) is 0. The van der Waals surface area contributed by atoms with Gasteiger partial charge in [-0.15, -0.1) is 0 Å². The highest BCUT2D eigenvalue weighted by molar-refractivity contribution is 5.66. The van der Waals surface area contributed by atoms with E-state index in [0.717, 1.165) is 62.7 Å². The van der Waals surface area contributed by atoms with Crippen LogP contribution in [-0.2, 0) is 33.7 Å². The van der Waals surface area contributed by atoms with Gasteiger partial charge >= 0.3 is 18.3 Å². The molecule has 1 aliphatic heterocycles. The zero-order valence-corrected chi connectivity index (χ0v) is 25.6. The first-order valence-corrected chi connectivity index (χ1v) is 15.7. The number of esters is 1. The average Bonchev–Trinajstić information content (AvgIpc) is 3.01. The zero-order valence-electron chi connectivity index (χ0n) is 25.6. The van der Waals surface area contributed by atoms with E-state index in [9.17, 15) is 35.5 Å². The van der Waals surface area contributed by atoms with Gasteiger partial charge in [0.1, 0.15) is 11.9 Å². The maximum Gasteiger partial charge on any atom is 0.416 e. The zero-order chi connectivity index (χ0) is 33.1. The number of likely N-dealkylation sites (tertiary alicyclic amines) is 1. The minimum atomic E-state index is -4.97. The molecule has 0 radical (unpaired) electrons. The molecule has 0 spiro atoms. The summed E-state index contributed by atoms with van der Waals surface area (Å²) in [4.78, 5) is 14.7. The summed E-state index contributed by atoms with van der Waals surface area (Å²) in [6.07, 6.45) is -5.76. The maximum absolute atomic E-state index is 13.6. The molecular formula is C36H38F7NO2. The van der Waals surface area contributed by atoms with Crippen molar-refractivity contribution >= 4 is 5.97 Å². The second-order valence-corrected chi connectivity index (χ2v) is 12.8. The summed E-state index contributed by atoms with van der Waals surface area (Å²) in [7, 11) is 0. The van der Waals surface area contributed by atoms with Crippen LogP contribution in [0.5, 0.6) is 0 Å². The smallest absolute Gasteiger partial charge is 0.416 e. The Morgan fingerprint density at radius 1 is 0.848 bits per heavy atom. The molecule has 1 aliphatic carbocycles. The van der Waals surface area contributed by atoms with Gasteiger partial charge in [-0.05, 0) is 116 Å². The molecule has 46 heavy (non-hydrogen) atoms. The second-order valence-electron chi connectivity index (χ2n) is 12.8. The fraction of sp³-hybridized carbons (Fsp3) is 0.472. The number of carbonyl (C=O) groups excluding carboxylic acids is 1. The number of carbonyl (C=O) groups is 1. The van der Waals surface area contributed by atoms with Crippen molar-refractivity contribution in [2.75, 3.05) is 13.1 Å². The molecular weight excluding hydrogens is 611 g/mol. The number of halogens is 7. The predicted molar refractivity (Wildman–Crippen MR) is 161 cm³/mol. The van der Waals surface area contributed by atoms with Crippen molar-refractivity contribution < 1.29 is 40.3 Å². The minimum Gasteiger partial charge on any atom is -0.462 e. The number of rotatable bonds is 8. The lowest BCUT2D eigenvalue weighted by Gasteiger charge is -2.46. The topological polar surface area (TPSA) is 29.5 Å². The Labute approximate surface area is 264 Å². The molecule has 2 aliphatic rings. The SMILES string of the molecule is CC(=O)OC(Cc1cc(C(F)(F)F)cc(C(F)(F)F)c1)CC1(c2ccccc2)CCC(N2CCC(c3ccc(F)cc3)CC2)CC1. The van der Waals surface area contributed by atoms with E-state index in [-0.39, 0.29) is 30.3 Å². The number of hydrogen-bond donors (Lipinski definition) is 0. The molecule has 3 nitrogen and oxygen atoms in total. The van der Waals surface area contributed by atoms with Crippen molar-refractivity contribution in [2.45, 2.75) is 94.1 Å². The van der Waals surface area contributed by atoms with Crippen LogP contribution >= 0.6 is 0 Å². The third-order valence-electron chi connectivity index (χ3n) is 9.75. The lowest BCUT2D eigenvalue weighted by Crippen LogP contribution is -2.46. The summed E-state index contributed by atoms with van der Waals surface area (Å²) in [5.74, 6) is -0.516. The fourth-order valence-corrected chi connectivity index (χ4v) is 7.48. The molecule has 2 fully saturated rings. The van der Waals surface area contributed by atoms with E-state index in [0.29, 0.717) is 24.1 Å². The highest BCUT2D eigenvalue weighted by Gasteiger charge is 2.42. The van der Waals surface area contributed by atoms with E-state index in [1.165, 1.54) is 19.1 Å². The van der Waals surface area contributed by atoms with E-state index in [4.69, 9.17) is 4.74 Å². The molecule has 1 saturated carbocycles. The van der Waals surface area contributed by atoms with Crippen molar-refractivity contribution in [1.29, 1.82) is 0 Å². The molecule has 0 N–H and O–H groups in total. The van der Waals surface area contributed by atoms with Crippen LogP contribution in [0.15, 0.2) is 72.8 Å². The molecule has 1 heterocycles. The van der Waals surface area contributed by atoms with Gasteiger partial charge in [0.05, 0.1) is 11.1 Å². The normalized spacial score (nSPS) is 22.4. The van der Waals surface area contributed by atoms with Gasteiger partial charge in [-0.3, -0.25) is 4.79 Å². The van der Waals surface area contributed by atoms with Crippen molar-refractivity contribution in [1.82, 2.24) is 4.90 Å². The average molecular weight is 650 g/mol. The van der Waals surface area contributed by atoms with Crippen LogP contribution < -0.4 is 0 Å². The van der Waals surface area contributed by atoms with Crippen LogP contribution in [-0.4, -0.2) is 36.1 Å². The van der Waals surface area contributed by atoms with Crippen LogP contribution in [0.1, 0.15) is 85.6 Å². The fourth-order valence-electron chi connectivity index (χ4n) is 7.48.